The quantitative estimate of drug-likeness (QED) is 0.243. The smallest absolute Gasteiger partial charge is 0.305 e. The van der Waals surface area contributed by atoms with Gasteiger partial charge in [-0.15, -0.1) is 10.2 Å². The van der Waals surface area contributed by atoms with Crippen LogP contribution in [0.2, 0.25) is 0 Å². The fraction of sp³-hybridized carbons (Fsp3) is 0.783. The SMILES string of the molecule is CCCCCCCC(=O)OCCCCOC(=O)CCCCCCC.c1cnnnc1. The molecule has 1 aromatic rings. The number of esters is 2. The van der Waals surface area contributed by atoms with Crippen LogP contribution in [0.5, 0.6) is 0 Å². The summed E-state index contributed by atoms with van der Waals surface area (Å²) < 4.78 is 10.4. The molecule has 0 aliphatic carbocycles. The van der Waals surface area contributed by atoms with Crippen LogP contribution in [-0.2, 0) is 19.1 Å². The molecule has 1 aromatic heterocycles. The van der Waals surface area contributed by atoms with E-state index in [-0.39, 0.29) is 11.9 Å². The number of unbranched alkanes of at least 4 members (excludes halogenated alkanes) is 9. The Hall–Kier alpha value is -2.05. The third-order valence-corrected chi connectivity index (χ3v) is 4.44. The van der Waals surface area contributed by atoms with Crippen LogP contribution in [0.4, 0.5) is 0 Å². The van der Waals surface area contributed by atoms with Crippen molar-refractivity contribution in [2.75, 3.05) is 13.2 Å². The lowest BCUT2D eigenvalue weighted by atomic mass is 10.1. The van der Waals surface area contributed by atoms with E-state index in [0.717, 1.165) is 38.5 Å². The molecule has 0 bridgehead atoms. The minimum atomic E-state index is -0.101. The van der Waals surface area contributed by atoms with E-state index in [0.29, 0.717) is 26.1 Å². The van der Waals surface area contributed by atoms with Crippen molar-refractivity contribution in [1.82, 2.24) is 15.4 Å². The fourth-order valence-electron chi connectivity index (χ4n) is 2.67. The second kappa shape index (κ2) is 23.2. The van der Waals surface area contributed by atoms with Gasteiger partial charge in [-0.05, 0) is 37.0 Å². The van der Waals surface area contributed by atoms with Crippen LogP contribution >= 0.6 is 0 Å². The molecule has 172 valence electrons. The number of rotatable bonds is 17. The number of hydrogen-bond acceptors (Lipinski definition) is 7. The van der Waals surface area contributed by atoms with Crippen LogP contribution in [0.1, 0.15) is 104 Å². The van der Waals surface area contributed by atoms with Crippen molar-refractivity contribution in [3.8, 4) is 0 Å². The highest BCUT2D eigenvalue weighted by Crippen LogP contribution is 2.07. The van der Waals surface area contributed by atoms with Gasteiger partial charge in [-0.25, -0.2) is 0 Å². The van der Waals surface area contributed by atoms with Crippen molar-refractivity contribution >= 4 is 11.9 Å². The molecule has 7 heteroatoms. The molecular formula is C23H41N3O4. The summed E-state index contributed by atoms with van der Waals surface area (Å²) >= 11 is 0. The molecular weight excluding hydrogens is 382 g/mol. The average Bonchev–Trinajstić information content (AvgIpc) is 2.77. The maximum absolute atomic E-state index is 11.5. The Labute approximate surface area is 182 Å². The van der Waals surface area contributed by atoms with Gasteiger partial charge in [-0.1, -0.05) is 65.2 Å². The average molecular weight is 424 g/mol. The van der Waals surface area contributed by atoms with Gasteiger partial charge in [0.1, 0.15) is 0 Å². The van der Waals surface area contributed by atoms with Crippen LogP contribution in [0.25, 0.3) is 0 Å². The molecule has 1 rings (SSSR count). The summed E-state index contributed by atoms with van der Waals surface area (Å²) in [6, 6.07) is 1.72. The first-order valence-electron chi connectivity index (χ1n) is 11.6. The molecule has 7 nitrogen and oxygen atoms in total. The van der Waals surface area contributed by atoms with Crippen LogP contribution < -0.4 is 0 Å². The molecule has 0 unspecified atom stereocenters. The van der Waals surface area contributed by atoms with Crippen LogP contribution in [-0.4, -0.2) is 40.6 Å². The highest BCUT2D eigenvalue weighted by atomic mass is 16.5. The first kappa shape index (κ1) is 27.9. The van der Waals surface area contributed by atoms with E-state index >= 15 is 0 Å². The van der Waals surface area contributed by atoms with Gasteiger partial charge < -0.3 is 9.47 Å². The van der Waals surface area contributed by atoms with E-state index in [1.165, 1.54) is 38.5 Å². The standard InChI is InChI=1S/C20H38O4.C3H3N3/c1-3-5-7-9-11-15-19(21)23-17-13-14-18-24-20(22)16-12-10-8-6-4-2;1-2-4-6-5-3-1/h3-18H2,1-2H3;1-3H. The predicted octanol–water partition coefficient (Wildman–Crippen LogP) is 5.45. The molecule has 0 amide bonds. The molecule has 0 fully saturated rings. The second-order valence-corrected chi connectivity index (χ2v) is 7.29. The summed E-state index contributed by atoms with van der Waals surface area (Å²) in [6.45, 7) is 5.23. The lowest BCUT2D eigenvalue weighted by molar-refractivity contribution is -0.146. The van der Waals surface area contributed by atoms with Crippen LogP contribution in [0, 0.1) is 0 Å². The number of nitrogens with zero attached hydrogens (tertiary/aromatic N) is 3. The summed E-state index contributed by atoms with van der Waals surface area (Å²) in [5.41, 5.74) is 0. The van der Waals surface area contributed by atoms with E-state index in [1.54, 1.807) is 18.5 Å². The zero-order valence-electron chi connectivity index (χ0n) is 19.0. The molecule has 0 saturated carbocycles. The topological polar surface area (TPSA) is 91.3 Å². The van der Waals surface area contributed by atoms with Gasteiger partial charge >= 0.3 is 11.9 Å². The van der Waals surface area contributed by atoms with Crippen LogP contribution in [0.3, 0.4) is 0 Å². The molecule has 0 N–H and O–H groups in total. The number of carbonyl (C=O) groups is 2. The normalized spacial score (nSPS) is 10.1. The third kappa shape index (κ3) is 22.2. The van der Waals surface area contributed by atoms with Crippen LogP contribution in [0.15, 0.2) is 18.5 Å². The molecule has 0 aliphatic rings. The maximum atomic E-state index is 11.5. The Morgan fingerprint density at radius 1 is 0.633 bits per heavy atom. The molecule has 1 heterocycles. The number of hydrogen-bond donors (Lipinski definition) is 0. The van der Waals surface area contributed by atoms with E-state index in [2.05, 4.69) is 29.3 Å². The maximum Gasteiger partial charge on any atom is 0.305 e. The van der Waals surface area contributed by atoms with Gasteiger partial charge in [-0.3, -0.25) is 9.59 Å². The van der Waals surface area contributed by atoms with Gasteiger partial charge in [0.05, 0.1) is 25.6 Å². The number of ether oxygens (including phenoxy) is 2. The molecule has 30 heavy (non-hydrogen) atoms. The second-order valence-electron chi connectivity index (χ2n) is 7.29. The van der Waals surface area contributed by atoms with Gasteiger partial charge in [0.15, 0.2) is 0 Å². The summed E-state index contributed by atoms with van der Waals surface area (Å²) in [5.74, 6) is -0.203. The van der Waals surface area contributed by atoms with Crippen molar-refractivity contribution in [2.45, 2.75) is 104 Å². The largest absolute Gasteiger partial charge is 0.466 e. The Bertz CT molecular complexity index is 444. The first-order valence-corrected chi connectivity index (χ1v) is 11.6. The molecule has 0 spiro atoms. The molecule has 0 saturated heterocycles. The van der Waals surface area contributed by atoms with Gasteiger partial charge in [0, 0.05) is 12.8 Å². The summed E-state index contributed by atoms with van der Waals surface area (Å²) in [7, 11) is 0. The summed E-state index contributed by atoms with van der Waals surface area (Å²) in [6.07, 6.45) is 17.1. The van der Waals surface area contributed by atoms with Gasteiger partial charge in [0.2, 0.25) is 0 Å². The van der Waals surface area contributed by atoms with E-state index in [9.17, 15) is 9.59 Å². The van der Waals surface area contributed by atoms with Crippen molar-refractivity contribution < 1.29 is 19.1 Å². The lowest BCUT2D eigenvalue weighted by Gasteiger charge is -2.06. The Kier molecular flexibility index (Phi) is 21.6. The molecule has 0 aromatic carbocycles. The minimum Gasteiger partial charge on any atom is -0.466 e. The Morgan fingerprint density at radius 3 is 1.40 bits per heavy atom. The highest BCUT2D eigenvalue weighted by Gasteiger charge is 2.04. The number of aromatic nitrogens is 3. The zero-order chi connectivity index (χ0) is 22.1. The summed E-state index contributed by atoms with van der Waals surface area (Å²) in [4.78, 5) is 23.0. The van der Waals surface area contributed by atoms with Gasteiger partial charge in [-0.2, -0.15) is 0 Å². The summed E-state index contributed by atoms with van der Waals surface area (Å²) in [5, 5.41) is 10.1. The van der Waals surface area contributed by atoms with E-state index < -0.39 is 0 Å². The fourth-order valence-corrected chi connectivity index (χ4v) is 2.67. The van der Waals surface area contributed by atoms with Crippen molar-refractivity contribution in [2.24, 2.45) is 0 Å². The highest BCUT2D eigenvalue weighted by molar-refractivity contribution is 5.69. The first-order chi connectivity index (χ1) is 14.7. The minimum absolute atomic E-state index is 0.101. The van der Waals surface area contributed by atoms with Crippen molar-refractivity contribution in [3.05, 3.63) is 18.5 Å². The van der Waals surface area contributed by atoms with E-state index in [1.807, 2.05) is 0 Å². The molecule has 0 aliphatic heterocycles. The van der Waals surface area contributed by atoms with Crippen molar-refractivity contribution in [1.29, 1.82) is 0 Å². The zero-order valence-corrected chi connectivity index (χ0v) is 19.0. The van der Waals surface area contributed by atoms with E-state index in [4.69, 9.17) is 9.47 Å². The van der Waals surface area contributed by atoms with Crippen molar-refractivity contribution in [3.63, 3.8) is 0 Å². The van der Waals surface area contributed by atoms with Gasteiger partial charge in [0.25, 0.3) is 0 Å². The molecule has 0 radical (unpaired) electrons. The lowest BCUT2D eigenvalue weighted by Crippen LogP contribution is -2.08. The Balaban J connectivity index is 0.00000118. The predicted molar refractivity (Wildman–Crippen MR) is 118 cm³/mol. The Morgan fingerprint density at radius 2 is 1.07 bits per heavy atom. The monoisotopic (exact) mass is 423 g/mol. The third-order valence-electron chi connectivity index (χ3n) is 4.44. The molecule has 0 atom stereocenters. The number of carbonyl (C=O) groups excluding carboxylic acids is 2.